The summed E-state index contributed by atoms with van der Waals surface area (Å²) in [5.74, 6) is 2.24. The van der Waals surface area contributed by atoms with Gasteiger partial charge >= 0.3 is 6.09 Å². The molecule has 1 fully saturated rings. The van der Waals surface area contributed by atoms with Crippen LogP contribution >= 0.6 is 11.6 Å². The first kappa shape index (κ1) is 22.6. The normalized spacial score (nSPS) is 18.3. The number of aromatic nitrogens is 4. The summed E-state index contributed by atoms with van der Waals surface area (Å²) >= 11 is 6.32. The lowest BCUT2D eigenvalue weighted by Crippen LogP contribution is -2.34. The fourth-order valence-electron chi connectivity index (χ4n) is 5.00. The topological polar surface area (TPSA) is 76.4 Å². The van der Waals surface area contributed by atoms with Crippen molar-refractivity contribution in [2.75, 3.05) is 25.1 Å². The van der Waals surface area contributed by atoms with Crippen LogP contribution in [0.2, 0.25) is 5.02 Å². The predicted octanol–water partition coefficient (Wildman–Crippen LogP) is 4.87. The molecule has 4 heterocycles. The molecule has 0 radical (unpaired) electrons. The van der Waals surface area contributed by atoms with Gasteiger partial charge in [0.15, 0.2) is 5.82 Å². The quantitative estimate of drug-likeness (QED) is 0.527. The zero-order valence-corrected chi connectivity index (χ0v) is 19.9. The molecule has 2 aliphatic heterocycles. The number of piperidine rings is 1. The number of hydrogen-bond donors (Lipinski definition) is 0. The predicted molar refractivity (Wildman–Crippen MR) is 126 cm³/mol. The molecule has 5 rings (SSSR count). The summed E-state index contributed by atoms with van der Waals surface area (Å²) in [6.45, 7) is 3.96. The van der Waals surface area contributed by atoms with Crippen LogP contribution in [0.1, 0.15) is 55.4 Å². The number of amides is 1. The number of hydrogen-bond acceptors (Lipinski definition) is 6. The van der Waals surface area contributed by atoms with E-state index < -0.39 is 6.09 Å². The molecule has 1 aromatic carbocycles. The number of methoxy groups -OCH3 is 1. The van der Waals surface area contributed by atoms with E-state index in [9.17, 15) is 9.18 Å². The Morgan fingerprint density at radius 2 is 1.94 bits per heavy atom. The Bertz CT molecular complexity index is 1190. The van der Waals surface area contributed by atoms with Crippen molar-refractivity contribution in [2.24, 2.45) is 0 Å². The fourth-order valence-corrected chi connectivity index (χ4v) is 5.20. The number of benzene rings is 1. The van der Waals surface area contributed by atoms with Crippen molar-refractivity contribution in [1.82, 2.24) is 24.6 Å². The van der Waals surface area contributed by atoms with Crippen molar-refractivity contribution in [3.05, 3.63) is 64.6 Å². The Morgan fingerprint density at radius 3 is 2.62 bits per heavy atom. The van der Waals surface area contributed by atoms with Gasteiger partial charge in [0.1, 0.15) is 17.5 Å². The van der Waals surface area contributed by atoms with Crippen LogP contribution in [0, 0.1) is 5.82 Å². The maximum Gasteiger partial charge on any atom is 0.410 e. The van der Waals surface area contributed by atoms with E-state index in [1.165, 1.54) is 19.4 Å². The second-order valence-electron chi connectivity index (χ2n) is 8.64. The zero-order valence-electron chi connectivity index (χ0n) is 19.1. The summed E-state index contributed by atoms with van der Waals surface area (Å²) in [5.41, 5.74) is 1.86. The minimum atomic E-state index is -0.407. The van der Waals surface area contributed by atoms with Gasteiger partial charge in [0.25, 0.3) is 0 Å². The van der Waals surface area contributed by atoms with E-state index in [1.54, 1.807) is 11.0 Å². The van der Waals surface area contributed by atoms with Crippen LogP contribution in [-0.4, -0.2) is 50.9 Å². The largest absolute Gasteiger partial charge is 0.453 e. The molecule has 10 heteroatoms. The van der Waals surface area contributed by atoms with Gasteiger partial charge in [-0.1, -0.05) is 18.5 Å². The van der Waals surface area contributed by atoms with Crippen LogP contribution in [0.5, 0.6) is 0 Å². The van der Waals surface area contributed by atoms with Crippen LogP contribution in [0.15, 0.2) is 36.5 Å². The van der Waals surface area contributed by atoms with E-state index >= 15 is 0 Å². The monoisotopic (exact) mass is 484 g/mol. The van der Waals surface area contributed by atoms with Gasteiger partial charge < -0.3 is 9.64 Å². The summed E-state index contributed by atoms with van der Waals surface area (Å²) in [7, 11) is 1.39. The smallest absolute Gasteiger partial charge is 0.410 e. The highest BCUT2D eigenvalue weighted by atomic mass is 35.5. The minimum Gasteiger partial charge on any atom is -0.453 e. The van der Waals surface area contributed by atoms with Crippen molar-refractivity contribution in [2.45, 2.75) is 44.7 Å². The van der Waals surface area contributed by atoms with Crippen LogP contribution in [0.4, 0.5) is 15.0 Å². The molecule has 2 aliphatic rings. The lowest BCUT2D eigenvalue weighted by Gasteiger charge is -2.32. The molecule has 0 aliphatic carbocycles. The van der Waals surface area contributed by atoms with Crippen LogP contribution in [0.3, 0.4) is 0 Å². The molecule has 1 amide bonds. The number of fused-ring (bicyclic) bond motifs is 3. The number of carbonyl (C=O) groups is 1. The van der Waals surface area contributed by atoms with Crippen molar-refractivity contribution in [3.63, 3.8) is 0 Å². The van der Waals surface area contributed by atoms with E-state index in [1.807, 2.05) is 25.1 Å². The third-order valence-electron chi connectivity index (χ3n) is 6.70. The molecule has 0 spiro atoms. The lowest BCUT2D eigenvalue weighted by atomic mass is 9.95. The van der Waals surface area contributed by atoms with Gasteiger partial charge in [0.05, 0.1) is 31.6 Å². The average molecular weight is 485 g/mol. The molecule has 0 saturated carbocycles. The van der Waals surface area contributed by atoms with Crippen molar-refractivity contribution >= 4 is 23.5 Å². The molecule has 8 nitrogen and oxygen atoms in total. The van der Waals surface area contributed by atoms with Crippen molar-refractivity contribution < 1.29 is 13.9 Å². The number of halogens is 2. The van der Waals surface area contributed by atoms with Crippen molar-refractivity contribution in [1.29, 1.82) is 0 Å². The van der Waals surface area contributed by atoms with E-state index in [0.717, 1.165) is 54.6 Å². The van der Waals surface area contributed by atoms with Gasteiger partial charge in [-0.25, -0.2) is 14.2 Å². The highest BCUT2D eigenvalue weighted by molar-refractivity contribution is 6.30. The molecular formula is C24H26ClFN6O2. The number of pyridine rings is 1. The molecule has 178 valence electrons. The van der Waals surface area contributed by atoms with E-state index in [2.05, 4.69) is 24.6 Å². The first-order chi connectivity index (χ1) is 16.5. The SMILES string of the molecule is CCC1c2nnc(C3CCN(c4ccc(F)cn4)CC3)n2-c2ccc(Cl)cc2CN1C(=O)OC. The number of ether oxygens (including phenoxy) is 1. The van der Waals surface area contributed by atoms with E-state index in [-0.39, 0.29) is 17.8 Å². The van der Waals surface area contributed by atoms with Crippen LogP contribution < -0.4 is 4.90 Å². The van der Waals surface area contributed by atoms with Gasteiger partial charge in [0.2, 0.25) is 0 Å². The second-order valence-corrected chi connectivity index (χ2v) is 9.08. The Kier molecular flexibility index (Phi) is 6.12. The van der Waals surface area contributed by atoms with Gasteiger partial charge in [-0.3, -0.25) is 9.47 Å². The van der Waals surface area contributed by atoms with E-state index in [4.69, 9.17) is 16.3 Å². The number of carbonyl (C=O) groups excluding carboxylic acids is 1. The molecule has 0 bridgehead atoms. The summed E-state index contributed by atoms with van der Waals surface area (Å²) in [5, 5.41) is 9.82. The Balaban J connectivity index is 1.50. The number of nitrogens with zero attached hydrogens (tertiary/aromatic N) is 6. The molecule has 3 aromatic rings. The third-order valence-corrected chi connectivity index (χ3v) is 6.94. The van der Waals surface area contributed by atoms with Gasteiger partial charge in [0, 0.05) is 24.0 Å². The van der Waals surface area contributed by atoms with Gasteiger partial charge in [-0.2, -0.15) is 0 Å². The summed E-state index contributed by atoms with van der Waals surface area (Å²) < 4.78 is 20.5. The maximum atomic E-state index is 13.3. The lowest BCUT2D eigenvalue weighted by molar-refractivity contribution is 0.0981. The Hall–Kier alpha value is -3.20. The molecule has 0 N–H and O–H groups in total. The first-order valence-electron chi connectivity index (χ1n) is 11.4. The van der Waals surface area contributed by atoms with Gasteiger partial charge in [-0.05, 0) is 55.2 Å². The average Bonchev–Trinajstić information content (AvgIpc) is 3.23. The first-order valence-corrected chi connectivity index (χ1v) is 11.8. The molecule has 1 atom stereocenters. The highest BCUT2D eigenvalue weighted by Gasteiger charge is 2.36. The highest BCUT2D eigenvalue weighted by Crippen LogP contribution is 2.38. The third kappa shape index (κ3) is 3.98. The number of rotatable bonds is 3. The molecule has 1 saturated heterocycles. The zero-order chi connectivity index (χ0) is 23.8. The molecular weight excluding hydrogens is 459 g/mol. The molecule has 2 aromatic heterocycles. The Labute approximate surface area is 202 Å². The maximum absolute atomic E-state index is 13.3. The summed E-state index contributed by atoms with van der Waals surface area (Å²) in [6.07, 6.45) is 3.23. The molecule has 1 unspecified atom stereocenters. The van der Waals surface area contributed by atoms with Gasteiger partial charge in [-0.15, -0.1) is 10.2 Å². The fraction of sp³-hybridized carbons (Fsp3) is 0.417. The summed E-state index contributed by atoms with van der Waals surface area (Å²) in [6, 6.07) is 8.59. The second kappa shape index (κ2) is 9.21. The molecule has 34 heavy (non-hydrogen) atoms. The minimum absolute atomic E-state index is 0.184. The van der Waals surface area contributed by atoms with Crippen molar-refractivity contribution in [3.8, 4) is 5.69 Å². The van der Waals surface area contributed by atoms with Crippen LogP contribution in [-0.2, 0) is 11.3 Å². The van der Waals surface area contributed by atoms with E-state index in [0.29, 0.717) is 18.0 Å². The standard InChI is InChI=1S/C24H26ClFN6O2/c1-3-19-23-29-28-22(15-8-10-30(11-9-15)21-7-5-18(26)13-27-21)32(23)20-6-4-17(25)12-16(20)14-31(19)24(33)34-2/h4-7,12-13,15,19H,3,8-11,14H2,1-2H3. The number of anilines is 1. The van der Waals surface area contributed by atoms with Crippen LogP contribution in [0.25, 0.3) is 5.69 Å². The summed E-state index contributed by atoms with van der Waals surface area (Å²) in [4.78, 5) is 20.7. The Morgan fingerprint density at radius 1 is 1.18 bits per heavy atom.